The highest BCUT2D eigenvalue weighted by molar-refractivity contribution is 5.93. The van der Waals surface area contributed by atoms with Gasteiger partial charge in [-0.05, 0) is 37.5 Å². The van der Waals surface area contributed by atoms with Crippen molar-refractivity contribution in [1.82, 2.24) is 9.80 Å². The molecule has 1 aromatic carbocycles. The number of benzene rings is 1. The third-order valence-electron chi connectivity index (χ3n) is 4.57. The van der Waals surface area contributed by atoms with E-state index >= 15 is 0 Å². The maximum Gasteiger partial charge on any atom is 0.253 e. The van der Waals surface area contributed by atoms with Crippen molar-refractivity contribution in [3.8, 4) is 0 Å². The predicted octanol–water partition coefficient (Wildman–Crippen LogP) is 2.01. The van der Waals surface area contributed by atoms with Crippen LogP contribution >= 0.6 is 0 Å². The molecule has 1 saturated carbocycles. The first-order chi connectivity index (χ1) is 10.9. The van der Waals surface area contributed by atoms with Crippen molar-refractivity contribution in [3.63, 3.8) is 0 Å². The standard InChI is InChI=1S/C18H27N3O2/c1-4-21(17(23)18(19)11-5-6-12-18)13-14-7-9-15(10-8-14)16(22)20(2)3/h7-10H,4-6,11-13,19H2,1-3H3. The van der Waals surface area contributed by atoms with E-state index in [9.17, 15) is 9.59 Å². The van der Waals surface area contributed by atoms with Crippen LogP contribution in [0, 0.1) is 0 Å². The van der Waals surface area contributed by atoms with Crippen molar-refractivity contribution in [3.05, 3.63) is 35.4 Å². The summed E-state index contributed by atoms with van der Waals surface area (Å²) in [6, 6.07) is 7.43. The summed E-state index contributed by atoms with van der Waals surface area (Å²) in [4.78, 5) is 28.0. The molecule has 2 N–H and O–H groups in total. The van der Waals surface area contributed by atoms with Crippen LogP contribution in [-0.4, -0.2) is 47.8 Å². The van der Waals surface area contributed by atoms with Gasteiger partial charge in [-0.3, -0.25) is 9.59 Å². The zero-order valence-corrected chi connectivity index (χ0v) is 14.3. The molecule has 23 heavy (non-hydrogen) atoms. The molecular weight excluding hydrogens is 290 g/mol. The average molecular weight is 317 g/mol. The Morgan fingerprint density at radius 1 is 1.13 bits per heavy atom. The molecule has 5 heteroatoms. The fourth-order valence-corrected chi connectivity index (χ4v) is 3.09. The van der Waals surface area contributed by atoms with Crippen molar-refractivity contribution in [2.75, 3.05) is 20.6 Å². The molecule has 0 saturated heterocycles. The molecule has 0 unspecified atom stereocenters. The molecule has 5 nitrogen and oxygen atoms in total. The first kappa shape index (κ1) is 17.5. The normalized spacial score (nSPS) is 16.2. The minimum atomic E-state index is -0.684. The Morgan fingerprint density at radius 2 is 1.70 bits per heavy atom. The molecule has 2 rings (SSSR count). The van der Waals surface area contributed by atoms with Crippen molar-refractivity contribution in [2.24, 2.45) is 5.73 Å². The van der Waals surface area contributed by atoms with Gasteiger partial charge in [-0.2, -0.15) is 0 Å². The molecule has 126 valence electrons. The number of hydrogen-bond donors (Lipinski definition) is 1. The molecule has 0 spiro atoms. The maximum atomic E-state index is 12.7. The lowest BCUT2D eigenvalue weighted by molar-refractivity contribution is -0.137. The quantitative estimate of drug-likeness (QED) is 0.903. The number of likely N-dealkylation sites (N-methyl/N-ethyl adjacent to an activating group) is 1. The van der Waals surface area contributed by atoms with Crippen LogP contribution in [-0.2, 0) is 11.3 Å². The van der Waals surface area contributed by atoms with Crippen LogP contribution in [0.3, 0.4) is 0 Å². The lowest BCUT2D eigenvalue weighted by Gasteiger charge is -2.31. The van der Waals surface area contributed by atoms with E-state index in [1.54, 1.807) is 19.0 Å². The Kier molecular flexibility index (Phi) is 5.42. The highest BCUT2D eigenvalue weighted by atomic mass is 16.2. The molecule has 1 aliphatic carbocycles. The van der Waals surface area contributed by atoms with Crippen LogP contribution in [0.5, 0.6) is 0 Å². The van der Waals surface area contributed by atoms with Gasteiger partial charge in [0.15, 0.2) is 0 Å². The summed E-state index contributed by atoms with van der Waals surface area (Å²) < 4.78 is 0. The Hall–Kier alpha value is -1.88. The fourth-order valence-electron chi connectivity index (χ4n) is 3.09. The smallest absolute Gasteiger partial charge is 0.253 e. The zero-order chi connectivity index (χ0) is 17.0. The Morgan fingerprint density at radius 3 is 2.17 bits per heavy atom. The number of carbonyl (C=O) groups excluding carboxylic acids is 2. The van der Waals surface area contributed by atoms with Crippen LogP contribution in [0.1, 0.15) is 48.5 Å². The van der Waals surface area contributed by atoms with E-state index in [2.05, 4.69) is 0 Å². The van der Waals surface area contributed by atoms with Gasteiger partial charge in [-0.15, -0.1) is 0 Å². The maximum absolute atomic E-state index is 12.7. The van der Waals surface area contributed by atoms with Gasteiger partial charge in [0.2, 0.25) is 5.91 Å². The van der Waals surface area contributed by atoms with E-state index in [0.717, 1.165) is 31.2 Å². The van der Waals surface area contributed by atoms with E-state index < -0.39 is 5.54 Å². The summed E-state index contributed by atoms with van der Waals surface area (Å²) >= 11 is 0. The molecule has 0 bridgehead atoms. The molecular formula is C18H27N3O2. The van der Waals surface area contributed by atoms with Crippen molar-refractivity contribution < 1.29 is 9.59 Å². The highest BCUT2D eigenvalue weighted by Crippen LogP contribution is 2.29. The first-order valence-electron chi connectivity index (χ1n) is 8.26. The van der Waals surface area contributed by atoms with Crippen LogP contribution in [0.25, 0.3) is 0 Å². The summed E-state index contributed by atoms with van der Waals surface area (Å²) in [6.45, 7) is 3.14. The molecule has 1 aromatic rings. The second-order valence-corrected chi connectivity index (χ2v) is 6.58. The monoisotopic (exact) mass is 317 g/mol. The van der Waals surface area contributed by atoms with Gasteiger partial charge in [-0.1, -0.05) is 25.0 Å². The number of hydrogen-bond acceptors (Lipinski definition) is 3. The summed E-state index contributed by atoms with van der Waals surface area (Å²) in [5.74, 6) is 0.0257. The summed E-state index contributed by atoms with van der Waals surface area (Å²) in [7, 11) is 3.46. The van der Waals surface area contributed by atoms with E-state index in [-0.39, 0.29) is 11.8 Å². The highest BCUT2D eigenvalue weighted by Gasteiger charge is 2.39. The number of amides is 2. The fraction of sp³-hybridized carbons (Fsp3) is 0.556. The molecule has 0 aromatic heterocycles. The van der Waals surface area contributed by atoms with Crippen LogP contribution in [0.15, 0.2) is 24.3 Å². The van der Waals surface area contributed by atoms with Gasteiger partial charge in [-0.25, -0.2) is 0 Å². The van der Waals surface area contributed by atoms with E-state index in [0.29, 0.717) is 18.7 Å². The van der Waals surface area contributed by atoms with Gasteiger partial charge < -0.3 is 15.5 Å². The lowest BCUT2D eigenvalue weighted by atomic mass is 9.97. The van der Waals surface area contributed by atoms with Crippen molar-refractivity contribution in [1.29, 1.82) is 0 Å². The van der Waals surface area contributed by atoms with Crippen LogP contribution in [0.4, 0.5) is 0 Å². The van der Waals surface area contributed by atoms with Crippen molar-refractivity contribution in [2.45, 2.75) is 44.7 Å². The van der Waals surface area contributed by atoms with Gasteiger partial charge in [0, 0.05) is 32.7 Å². The number of rotatable bonds is 5. The SMILES string of the molecule is CCN(Cc1ccc(C(=O)N(C)C)cc1)C(=O)C1(N)CCCC1. The molecule has 2 amide bonds. The minimum absolute atomic E-state index is 0.0214. The molecule has 0 aliphatic heterocycles. The van der Waals surface area contributed by atoms with E-state index in [4.69, 9.17) is 5.73 Å². The van der Waals surface area contributed by atoms with Crippen LogP contribution in [0.2, 0.25) is 0 Å². The Bertz CT molecular complexity index is 560. The lowest BCUT2D eigenvalue weighted by Crippen LogP contribution is -2.53. The number of nitrogens with two attached hydrogens (primary N) is 1. The van der Waals surface area contributed by atoms with Gasteiger partial charge >= 0.3 is 0 Å². The summed E-state index contributed by atoms with van der Waals surface area (Å²) in [6.07, 6.45) is 3.61. The van der Waals surface area contributed by atoms with Gasteiger partial charge in [0.05, 0.1) is 5.54 Å². The molecule has 0 heterocycles. The molecule has 0 atom stereocenters. The summed E-state index contributed by atoms with van der Waals surface area (Å²) in [5, 5.41) is 0. The third kappa shape index (κ3) is 3.91. The second-order valence-electron chi connectivity index (χ2n) is 6.58. The molecule has 1 aliphatic rings. The van der Waals surface area contributed by atoms with Crippen LogP contribution < -0.4 is 5.73 Å². The predicted molar refractivity (Wildman–Crippen MR) is 90.9 cm³/mol. The summed E-state index contributed by atoms with van der Waals surface area (Å²) in [5.41, 5.74) is 7.27. The largest absolute Gasteiger partial charge is 0.345 e. The third-order valence-corrected chi connectivity index (χ3v) is 4.57. The van der Waals surface area contributed by atoms with Crippen molar-refractivity contribution >= 4 is 11.8 Å². The number of nitrogens with zero attached hydrogens (tertiary/aromatic N) is 2. The van der Waals surface area contributed by atoms with Gasteiger partial charge in [0.25, 0.3) is 5.91 Å². The van der Waals surface area contributed by atoms with E-state index in [1.807, 2.05) is 36.1 Å². The zero-order valence-electron chi connectivity index (χ0n) is 14.3. The van der Waals surface area contributed by atoms with E-state index in [1.165, 1.54) is 0 Å². The first-order valence-corrected chi connectivity index (χ1v) is 8.26. The average Bonchev–Trinajstić information content (AvgIpc) is 2.99. The Labute approximate surface area is 138 Å². The minimum Gasteiger partial charge on any atom is -0.345 e. The van der Waals surface area contributed by atoms with Gasteiger partial charge in [0.1, 0.15) is 0 Å². The molecule has 0 radical (unpaired) electrons. The number of carbonyl (C=O) groups is 2. The topological polar surface area (TPSA) is 66.6 Å². The second kappa shape index (κ2) is 7.13. The molecule has 1 fully saturated rings. The Balaban J connectivity index is 2.07.